The number of fused-ring (bicyclic) bond motifs is 1. The fourth-order valence-electron chi connectivity index (χ4n) is 4.43. The molecule has 0 N–H and O–H groups in total. The van der Waals surface area contributed by atoms with Crippen LogP contribution in [0.15, 0.2) is 36.4 Å². The van der Waals surface area contributed by atoms with Crippen LogP contribution in [0, 0.1) is 13.8 Å². The highest BCUT2D eigenvalue weighted by molar-refractivity contribution is 6.01. The Morgan fingerprint density at radius 2 is 1.78 bits per heavy atom. The molecule has 4 rings (SSSR count). The topological polar surface area (TPSA) is 82.1 Å². The molecule has 0 bridgehead atoms. The van der Waals surface area contributed by atoms with Gasteiger partial charge in [-0.1, -0.05) is 6.07 Å². The lowest BCUT2D eigenvalue weighted by molar-refractivity contribution is -0.00619. The molecule has 0 unspecified atom stereocenters. The highest BCUT2D eigenvalue weighted by Crippen LogP contribution is 2.41. The summed E-state index contributed by atoms with van der Waals surface area (Å²) in [6.07, 6.45) is 0.759. The van der Waals surface area contributed by atoms with Gasteiger partial charge in [-0.15, -0.1) is 0 Å². The summed E-state index contributed by atoms with van der Waals surface area (Å²) in [5, 5.41) is 0. The van der Waals surface area contributed by atoms with Gasteiger partial charge < -0.3 is 19.1 Å². The van der Waals surface area contributed by atoms with E-state index in [4.69, 9.17) is 14.2 Å². The number of rotatable bonds is 3. The van der Waals surface area contributed by atoms with Crippen LogP contribution in [0.1, 0.15) is 58.0 Å². The van der Waals surface area contributed by atoms with Crippen LogP contribution >= 0.6 is 0 Å². The minimum atomic E-state index is -0.776. The van der Waals surface area contributed by atoms with E-state index in [0.29, 0.717) is 55.0 Å². The number of nitrogens with zero attached hydrogens (tertiary/aromatic N) is 1. The van der Waals surface area contributed by atoms with Gasteiger partial charge >= 0.3 is 6.16 Å². The molecule has 0 aromatic heterocycles. The summed E-state index contributed by atoms with van der Waals surface area (Å²) in [6, 6.07) is 10.3. The van der Waals surface area contributed by atoms with Gasteiger partial charge in [-0.3, -0.25) is 9.59 Å². The Hall–Kier alpha value is -3.35. The highest BCUT2D eigenvalue weighted by Gasteiger charge is 2.44. The van der Waals surface area contributed by atoms with Crippen LogP contribution in [0.3, 0.4) is 0 Å². The third-order valence-corrected chi connectivity index (χ3v) is 6.05. The van der Waals surface area contributed by atoms with Gasteiger partial charge in [0.1, 0.15) is 17.1 Å². The first-order valence-electron chi connectivity index (χ1n) is 10.9. The Kier molecular flexibility index (Phi) is 5.91. The first-order chi connectivity index (χ1) is 15.3. The van der Waals surface area contributed by atoms with E-state index in [2.05, 4.69) is 0 Å². The van der Waals surface area contributed by atoms with E-state index in [-0.39, 0.29) is 18.3 Å². The molecule has 2 aliphatic rings. The number of carbonyl (C=O) groups is 3. The Morgan fingerprint density at radius 1 is 1.09 bits per heavy atom. The van der Waals surface area contributed by atoms with E-state index in [9.17, 15) is 14.4 Å². The predicted octanol–water partition coefficient (Wildman–Crippen LogP) is 4.48. The fourth-order valence-corrected chi connectivity index (χ4v) is 4.43. The molecule has 1 spiro atoms. The van der Waals surface area contributed by atoms with Gasteiger partial charge in [0.05, 0.1) is 18.6 Å². The van der Waals surface area contributed by atoms with Crippen LogP contribution in [-0.2, 0) is 4.74 Å². The zero-order valence-corrected chi connectivity index (χ0v) is 18.6. The number of hydrogen-bond donors (Lipinski definition) is 0. The van der Waals surface area contributed by atoms with Crippen molar-refractivity contribution in [2.24, 2.45) is 0 Å². The summed E-state index contributed by atoms with van der Waals surface area (Å²) >= 11 is 0. The second kappa shape index (κ2) is 8.65. The second-order valence-corrected chi connectivity index (χ2v) is 8.45. The number of hydrogen-bond acceptors (Lipinski definition) is 6. The molecule has 1 fully saturated rings. The molecule has 168 valence electrons. The maximum Gasteiger partial charge on any atom is 0.513 e. The minimum absolute atomic E-state index is 0.100. The van der Waals surface area contributed by atoms with Crippen molar-refractivity contribution < 1.29 is 28.6 Å². The predicted molar refractivity (Wildman–Crippen MR) is 117 cm³/mol. The first kappa shape index (κ1) is 21.9. The molecule has 2 aliphatic heterocycles. The third-order valence-electron chi connectivity index (χ3n) is 6.05. The molecule has 1 amide bonds. The quantitative estimate of drug-likeness (QED) is 0.520. The number of piperidine rings is 1. The SMILES string of the molecule is CCOC(=O)Oc1ccc(C(=O)N2CCC3(CC2)CC(=O)c2cc(C)cc(C)c2O3)cc1. The number of aryl methyl sites for hydroxylation is 2. The fraction of sp³-hybridized carbons (Fsp3) is 0.400. The number of amides is 1. The Labute approximate surface area is 187 Å². The molecule has 0 atom stereocenters. The van der Waals surface area contributed by atoms with Gasteiger partial charge in [0, 0.05) is 31.5 Å². The molecule has 2 heterocycles. The van der Waals surface area contributed by atoms with Crippen molar-refractivity contribution in [3.05, 3.63) is 58.7 Å². The molecule has 32 heavy (non-hydrogen) atoms. The lowest BCUT2D eigenvalue weighted by Crippen LogP contribution is -2.52. The van der Waals surface area contributed by atoms with Gasteiger partial charge in [-0.25, -0.2) is 4.79 Å². The summed E-state index contributed by atoms with van der Waals surface area (Å²) in [5.41, 5.74) is 2.63. The van der Waals surface area contributed by atoms with E-state index < -0.39 is 11.8 Å². The number of benzene rings is 2. The van der Waals surface area contributed by atoms with Gasteiger partial charge in [-0.05, 0) is 62.2 Å². The second-order valence-electron chi connectivity index (χ2n) is 8.45. The number of ether oxygens (including phenoxy) is 3. The maximum absolute atomic E-state index is 12.9. The zero-order valence-electron chi connectivity index (χ0n) is 18.6. The molecule has 0 radical (unpaired) electrons. The van der Waals surface area contributed by atoms with E-state index >= 15 is 0 Å². The molecule has 7 nitrogen and oxygen atoms in total. The monoisotopic (exact) mass is 437 g/mol. The van der Waals surface area contributed by atoms with Crippen LogP contribution in [-0.4, -0.2) is 48.0 Å². The summed E-state index contributed by atoms with van der Waals surface area (Å²) in [7, 11) is 0. The standard InChI is InChI=1S/C25H27NO6/c1-4-30-24(29)31-19-7-5-18(6-8-19)23(28)26-11-9-25(10-12-26)15-21(27)20-14-16(2)13-17(3)22(20)32-25/h5-8,13-14H,4,9-12,15H2,1-3H3. The van der Waals surface area contributed by atoms with Crippen molar-refractivity contribution >= 4 is 17.8 Å². The van der Waals surface area contributed by atoms with Gasteiger partial charge in [0.25, 0.3) is 5.91 Å². The summed E-state index contributed by atoms with van der Waals surface area (Å²) in [5.74, 6) is 1.01. The Morgan fingerprint density at radius 3 is 2.44 bits per heavy atom. The largest absolute Gasteiger partial charge is 0.513 e. The average molecular weight is 437 g/mol. The molecule has 0 saturated carbocycles. The van der Waals surface area contributed by atoms with Crippen molar-refractivity contribution in [2.45, 2.75) is 45.6 Å². The van der Waals surface area contributed by atoms with Crippen molar-refractivity contribution in [3.63, 3.8) is 0 Å². The van der Waals surface area contributed by atoms with E-state index in [1.807, 2.05) is 26.0 Å². The molecule has 2 aromatic carbocycles. The molecular formula is C25H27NO6. The molecule has 7 heteroatoms. The van der Waals surface area contributed by atoms with E-state index in [1.54, 1.807) is 36.1 Å². The summed E-state index contributed by atoms with van der Waals surface area (Å²) in [4.78, 5) is 39.0. The van der Waals surface area contributed by atoms with Crippen molar-refractivity contribution in [1.29, 1.82) is 0 Å². The van der Waals surface area contributed by atoms with Crippen molar-refractivity contribution in [2.75, 3.05) is 19.7 Å². The first-order valence-corrected chi connectivity index (χ1v) is 10.9. The number of Topliss-reactive ketones (excluding diaryl/α,β-unsaturated/α-hetero) is 1. The normalized spacial score (nSPS) is 16.8. The van der Waals surface area contributed by atoms with Gasteiger partial charge in [-0.2, -0.15) is 0 Å². The molecule has 0 aliphatic carbocycles. The minimum Gasteiger partial charge on any atom is -0.486 e. The molecule has 2 aromatic rings. The van der Waals surface area contributed by atoms with Gasteiger partial charge in [0.15, 0.2) is 5.78 Å². The average Bonchev–Trinajstić information content (AvgIpc) is 2.76. The number of likely N-dealkylation sites (tertiary alicyclic amines) is 1. The lowest BCUT2D eigenvalue weighted by atomic mass is 9.81. The number of carbonyl (C=O) groups excluding carboxylic acids is 3. The van der Waals surface area contributed by atoms with Crippen LogP contribution in [0.4, 0.5) is 4.79 Å². The highest BCUT2D eigenvalue weighted by atomic mass is 16.7. The summed E-state index contributed by atoms with van der Waals surface area (Å²) in [6.45, 7) is 6.88. The van der Waals surface area contributed by atoms with Crippen LogP contribution in [0.5, 0.6) is 11.5 Å². The molecule has 1 saturated heterocycles. The Balaban J connectivity index is 1.41. The van der Waals surface area contributed by atoms with Crippen molar-refractivity contribution in [3.8, 4) is 11.5 Å². The van der Waals surface area contributed by atoms with Crippen LogP contribution in [0.25, 0.3) is 0 Å². The maximum atomic E-state index is 12.9. The summed E-state index contributed by atoms with van der Waals surface area (Å²) < 4.78 is 16.2. The van der Waals surface area contributed by atoms with E-state index in [1.165, 1.54) is 0 Å². The molecular weight excluding hydrogens is 410 g/mol. The van der Waals surface area contributed by atoms with Crippen LogP contribution in [0.2, 0.25) is 0 Å². The zero-order chi connectivity index (χ0) is 22.9. The lowest BCUT2D eigenvalue weighted by Gasteiger charge is -2.44. The number of ketones is 1. The van der Waals surface area contributed by atoms with Crippen molar-refractivity contribution in [1.82, 2.24) is 4.90 Å². The smallest absolute Gasteiger partial charge is 0.486 e. The third kappa shape index (κ3) is 4.33. The van der Waals surface area contributed by atoms with Crippen LogP contribution < -0.4 is 9.47 Å². The van der Waals surface area contributed by atoms with E-state index in [0.717, 1.165) is 11.1 Å². The van der Waals surface area contributed by atoms with Gasteiger partial charge in [0.2, 0.25) is 0 Å². The Bertz CT molecular complexity index is 1050.